The Balaban J connectivity index is 1.95. The largest absolute Gasteiger partial charge is 0.493 e. The van der Waals surface area contributed by atoms with Crippen LogP contribution in [0.1, 0.15) is 25.3 Å². The van der Waals surface area contributed by atoms with E-state index in [0.717, 1.165) is 38.1 Å². The summed E-state index contributed by atoms with van der Waals surface area (Å²) >= 11 is 6.24. The zero-order valence-corrected chi connectivity index (χ0v) is 12.8. The van der Waals surface area contributed by atoms with Crippen LogP contribution in [0.2, 0.25) is 5.02 Å². The van der Waals surface area contributed by atoms with E-state index in [0.29, 0.717) is 29.2 Å². The van der Waals surface area contributed by atoms with E-state index in [2.05, 4.69) is 5.32 Å². The lowest BCUT2D eigenvalue weighted by Gasteiger charge is -2.14. The van der Waals surface area contributed by atoms with Crippen LogP contribution in [0, 0.1) is 0 Å². The third-order valence-corrected chi connectivity index (χ3v) is 3.58. The summed E-state index contributed by atoms with van der Waals surface area (Å²) in [7, 11) is 1.62. The molecule has 0 aliphatic carbocycles. The number of hydrogen-bond acceptors (Lipinski definition) is 4. The van der Waals surface area contributed by atoms with Gasteiger partial charge < -0.3 is 19.5 Å². The molecule has 1 heterocycles. The Morgan fingerprint density at radius 2 is 2.30 bits per heavy atom. The summed E-state index contributed by atoms with van der Waals surface area (Å²) in [4.78, 5) is 0. The molecule has 1 N–H and O–H groups in total. The normalized spacial score (nSPS) is 18.2. The maximum atomic E-state index is 6.24. The fourth-order valence-corrected chi connectivity index (χ4v) is 2.63. The van der Waals surface area contributed by atoms with Gasteiger partial charge in [-0.1, -0.05) is 11.6 Å². The Labute approximate surface area is 125 Å². The summed E-state index contributed by atoms with van der Waals surface area (Å²) in [5, 5.41) is 3.98. The molecule has 20 heavy (non-hydrogen) atoms. The van der Waals surface area contributed by atoms with E-state index in [-0.39, 0.29) is 0 Å². The van der Waals surface area contributed by atoms with Gasteiger partial charge >= 0.3 is 0 Å². The lowest BCUT2D eigenvalue weighted by Crippen LogP contribution is -2.25. The molecule has 2 rings (SSSR count). The van der Waals surface area contributed by atoms with Gasteiger partial charge in [-0.05, 0) is 37.5 Å². The van der Waals surface area contributed by atoms with Gasteiger partial charge in [0, 0.05) is 19.7 Å². The molecule has 1 aromatic rings. The Kier molecular flexibility index (Phi) is 5.95. The lowest BCUT2D eigenvalue weighted by molar-refractivity contribution is 0.110. The summed E-state index contributed by atoms with van der Waals surface area (Å²) in [6.45, 7) is 4.98. The van der Waals surface area contributed by atoms with Crippen LogP contribution in [0.4, 0.5) is 0 Å². The Morgan fingerprint density at radius 3 is 2.95 bits per heavy atom. The van der Waals surface area contributed by atoms with E-state index in [1.165, 1.54) is 0 Å². The highest BCUT2D eigenvalue weighted by atomic mass is 35.5. The van der Waals surface area contributed by atoms with E-state index in [4.69, 9.17) is 25.8 Å². The average Bonchev–Trinajstić information content (AvgIpc) is 2.94. The molecule has 0 saturated carbocycles. The van der Waals surface area contributed by atoms with Crippen molar-refractivity contribution in [3.8, 4) is 11.5 Å². The highest BCUT2D eigenvalue weighted by Crippen LogP contribution is 2.36. The van der Waals surface area contributed by atoms with Gasteiger partial charge in [0.2, 0.25) is 0 Å². The summed E-state index contributed by atoms with van der Waals surface area (Å²) in [5.41, 5.74) is 1.08. The molecule has 0 aromatic heterocycles. The molecule has 0 bridgehead atoms. The number of hydrogen-bond donors (Lipinski definition) is 1. The predicted molar refractivity (Wildman–Crippen MR) is 79.9 cm³/mol. The molecule has 5 heteroatoms. The number of ether oxygens (including phenoxy) is 3. The van der Waals surface area contributed by atoms with Crippen molar-refractivity contribution in [1.29, 1.82) is 0 Å². The summed E-state index contributed by atoms with van der Waals surface area (Å²) in [5.74, 6) is 1.29. The Bertz CT molecular complexity index is 433. The van der Waals surface area contributed by atoms with Gasteiger partial charge in [-0.3, -0.25) is 0 Å². The smallest absolute Gasteiger partial charge is 0.179 e. The first-order valence-electron chi connectivity index (χ1n) is 7.06. The van der Waals surface area contributed by atoms with Gasteiger partial charge in [-0.2, -0.15) is 0 Å². The van der Waals surface area contributed by atoms with Crippen molar-refractivity contribution in [3.63, 3.8) is 0 Å². The van der Waals surface area contributed by atoms with Crippen LogP contribution >= 0.6 is 11.6 Å². The minimum absolute atomic E-state index is 0.343. The first kappa shape index (κ1) is 15.4. The summed E-state index contributed by atoms with van der Waals surface area (Å²) in [6, 6.07) is 3.87. The van der Waals surface area contributed by atoms with Crippen LogP contribution in [0.25, 0.3) is 0 Å². The molecule has 0 amide bonds. The Morgan fingerprint density at radius 1 is 1.45 bits per heavy atom. The number of nitrogens with one attached hydrogen (secondary N) is 1. The van der Waals surface area contributed by atoms with Crippen molar-refractivity contribution >= 4 is 11.6 Å². The molecular formula is C15H22ClNO3. The van der Waals surface area contributed by atoms with Crippen molar-refractivity contribution in [2.24, 2.45) is 0 Å². The van der Waals surface area contributed by atoms with Crippen LogP contribution in [0.15, 0.2) is 12.1 Å². The lowest BCUT2D eigenvalue weighted by atomic mass is 10.2. The number of benzene rings is 1. The van der Waals surface area contributed by atoms with Crippen molar-refractivity contribution in [3.05, 3.63) is 22.7 Å². The maximum absolute atomic E-state index is 6.24. The monoisotopic (exact) mass is 299 g/mol. The van der Waals surface area contributed by atoms with Crippen molar-refractivity contribution in [2.45, 2.75) is 32.4 Å². The van der Waals surface area contributed by atoms with Gasteiger partial charge in [0.15, 0.2) is 11.5 Å². The van der Waals surface area contributed by atoms with Crippen LogP contribution in [0.3, 0.4) is 0 Å². The van der Waals surface area contributed by atoms with E-state index in [1.807, 2.05) is 19.1 Å². The van der Waals surface area contributed by atoms with Gasteiger partial charge in [-0.15, -0.1) is 0 Å². The van der Waals surface area contributed by atoms with Gasteiger partial charge in [0.05, 0.1) is 24.8 Å². The first-order valence-corrected chi connectivity index (χ1v) is 7.44. The molecule has 0 radical (unpaired) electrons. The van der Waals surface area contributed by atoms with E-state index < -0.39 is 0 Å². The maximum Gasteiger partial charge on any atom is 0.179 e. The van der Waals surface area contributed by atoms with Gasteiger partial charge in [-0.25, -0.2) is 0 Å². The predicted octanol–water partition coefficient (Wildman–Crippen LogP) is 3.02. The molecule has 1 aliphatic heterocycles. The molecule has 112 valence electrons. The van der Waals surface area contributed by atoms with E-state index in [1.54, 1.807) is 7.11 Å². The summed E-state index contributed by atoms with van der Waals surface area (Å²) < 4.78 is 16.4. The quantitative estimate of drug-likeness (QED) is 0.840. The van der Waals surface area contributed by atoms with E-state index in [9.17, 15) is 0 Å². The standard InChI is InChI=1S/C15H22ClNO3/c1-3-19-15-13(16)7-11(8-14(15)18-2)9-17-10-12-5-4-6-20-12/h7-8,12,17H,3-6,9-10H2,1-2H3. The average molecular weight is 300 g/mol. The second-order valence-corrected chi connectivity index (χ2v) is 5.22. The molecular weight excluding hydrogens is 278 g/mol. The number of halogens is 1. The zero-order valence-electron chi connectivity index (χ0n) is 12.1. The van der Waals surface area contributed by atoms with Crippen molar-refractivity contribution < 1.29 is 14.2 Å². The first-order chi connectivity index (χ1) is 9.74. The third-order valence-electron chi connectivity index (χ3n) is 3.30. The molecule has 1 atom stereocenters. The fourth-order valence-electron chi connectivity index (χ4n) is 2.34. The third kappa shape index (κ3) is 4.01. The Hall–Kier alpha value is -0.970. The van der Waals surface area contributed by atoms with Crippen LogP contribution in [0.5, 0.6) is 11.5 Å². The minimum atomic E-state index is 0.343. The van der Waals surface area contributed by atoms with Gasteiger partial charge in [0.1, 0.15) is 0 Å². The topological polar surface area (TPSA) is 39.7 Å². The van der Waals surface area contributed by atoms with E-state index >= 15 is 0 Å². The molecule has 1 saturated heterocycles. The van der Waals surface area contributed by atoms with Crippen LogP contribution < -0.4 is 14.8 Å². The molecule has 4 nitrogen and oxygen atoms in total. The second-order valence-electron chi connectivity index (χ2n) is 4.81. The molecule has 1 unspecified atom stereocenters. The van der Waals surface area contributed by atoms with Gasteiger partial charge in [0.25, 0.3) is 0 Å². The highest BCUT2D eigenvalue weighted by molar-refractivity contribution is 6.32. The van der Waals surface area contributed by atoms with Crippen molar-refractivity contribution in [2.75, 3.05) is 26.9 Å². The van der Waals surface area contributed by atoms with Crippen LogP contribution in [-0.4, -0.2) is 33.0 Å². The SMILES string of the molecule is CCOc1c(Cl)cc(CNCC2CCCO2)cc1OC. The second kappa shape index (κ2) is 7.72. The molecule has 0 spiro atoms. The minimum Gasteiger partial charge on any atom is -0.493 e. The molecule has 1 aromatic carbocycles. The highest BCUT2D eigenvalue weighted by Gasteiger charge is 2.15. The van der Waals surface area contributed by atoms with Crippen molar-refractivity contribution in [1.82, 2.24) is 5.32 Å². The number of rotatable bonds is 7. The molecule has 1 aliphatic rings. The zero-order chi connectivity index (χ0) is 14.4. The molecule has 1 fully saturated rings. The fraction of sp³-hybridized carbons (Fsp3) is 0.600. The number of methoxy groups -OCH3 is 1. The van der Waals surface area contributed by atoms with Crippen LogP contribution in [-0.2, 0) is 11.3 Å². The summed E-state index contributed by atoms with van der Waals surface area (Å²) in [6.07, 6.45) is 2.64.